The first-order valence-electron chi connectivity index (χ1n) is 6.34. The summed E-state index contributed by atoms with van der Waals surface area (Å²) >= 11 is 0. The summed E-state index contributed by atoms with van der Waals surface area (Å²) in [7, 11) is 0. The summed E-state index contributed by atoms with van der Waals surface area (Å²) in [5, 5.41) is 0. The summed E-state index contributed by atoms with van der Waals surface area (Å²) in [5.41, 5.74) is 6.42. The monoisotopic (exact) mass is 249 g/mol. The Morgan fingerprint density at radius 2 is 2.44 bits per heavy atom. The average molecular weight is 249 g/mol. The predicted molar refractivity (Wildman–Crippen MR) is 69.6 cm³/mol. The van der Waals surface area contributed by atoms with E-state index in [0.717, 1.165) is 31.7 Å². The highest BCUT2D eigenvalue weighted by Gasteiger charge is 2.18. The lowest BCUT2D eigenvalue weighted by atomic mass is 10.1. The number of piperidine rings is 1. The van der Waals surface area contributed by atoms with Crippen molar-refractivity contribution in [3.05, 3.63) is 23.9 Å². The van der Waals surface area contributed by atoms with E-state index in [4.69, 9.17) is 10.5 Å². The Balaban J connectivity index is 2.05. The van der Waals surface area contributed by atoms with Crippen molar-refractivity contribution in [1.82, 2.24) is 4.98 Å². The smallest absolute Gasteiger partial charge is 0.339 e. The maximum absolute atomic E-state index is 11.5. The Kier molecular flexibility index (Phi) is 4.15. The summed E-state index contributed by atoms with van der Waals surface area (Å²) in [6.45, 7) is 3.96. The van der Waals surface area contributed by atoms with E-state index in [1.807, 2.05) is 6.07 Å². The maximum atomic E-state index is 11.5. The molecule has 0 aliphatic carbocycles. The molecule has 2 N–H and O–H groups in total. The molecule has 1 unspecified atom stereocenters. The van der Waals surface area contributed by atoms with Gasteiger partial charge in [-0.15, -0.1) is 0 Å². The van der Waals surface area contributed by atoms with Crippen molar-refractivity contribution in [2.75, 3.05) is 24.6 Å². The van der Waals surface area contributed by atoms with Gasteiger partial charge in [-0.1, -0.05) is 0 Å². The SMILES string of the molecule is CCOC(=O)c1ccc(N2CCCC(N)C2)nc1. The number of hydrogen-bond donors (Lipinski definition) is 1. The molecule has 1 saturated heterocycles. The van der Waals surface area contributed by atoms with Gasteiger partial charge in [0.05, 0.1) is 12.2 Å². The van der Waals surface area contributed by atoms with Gasteiger partial charge < -0.3 is 15.4 Å². The number of rotatable bonds is 3. The van der Waals surface area contributed by atoms with Crippen molar-refractivity contribution >= 4 is 11.8 Å². The van der Waals surface area contributed by atoms with Crippen LogP contribution in [0, 0.1) is 0 Å². The van der Waals surface area contributed by atoms with E-state index in [-0.39, 0.29) is 12.0 Å². The fourth-order valence-corrected chi connectivity index (χ4v) is 2.13. The van der Waals surface area contributed by atoms with E-state index in [1.54, 1.807) is 19.2 Å². The molecule has 0 spiro atoms. The van der Waals surface area contributed by atoms with Gasteiger partial charge in [-0.3, -0.25) is 0 Å². The molecule has 1 atom stereocenters. The topological polar surface area (TPSA) is 68.5 Å². The molecule has 0 aromatic carbocycles. The summed E-state index contributed by atoms with van der Waals surface area (Å²) in [5.74, 6) is 0.546. The Bertz CT molecular complexity index is 405. The maximum Gasteiger partial charge on any atom is 0.339 e. The molecule has 1 fully saturated rings. The van der Waals surface area contributed by atoms with E-state index in [0.29, 0.717) is 12.2 Å². The quantitative estimate of drug-likeness (QED) is 0.815. The van der Waals surface area contributed by atoms with Crippen LogP contribution in [0.15, 0.2) is 18.3 Å². The minimum absolute atomic E-state index is 0.213. The van der Waals surface area contributed by atoms with Gasteiger partial charge in [-0.25, -0.2) is 9.78 Å². The third-order valence-electron chi connectivity index (χ3n) is 3.04. The minimum Gasteiger partial charge on any atom is -0.462 e. The number of nitrogens with zero attached hydrogens (tertiary/aromatic N) is 2. The van der Waals surface area contributed by atoms with E-state index in [2.05, 4.69) is 9.88 Å². The van der Waals surface area contributed by atoms with Crippen molar-refractivity contribution in [1.29, 1.82) is 0 Å². The number of carbonyl (C=O) groups is 1. The van der Waals surface area contributed by atoms with Crippen LogP contribution in [0.2, 0.25) is 0 Å². The van der Waals surface area contributed by atoms with E-state index in [9.17, 15) is 4.79 Å². The van der Waals surface area contributed by atoms with Crippen LogP contribution in [0.3, 0.4) is 0 Å². The average Bonchev–Trinajstić information content (AvgIpc) is 2.39. The fraction of sp³-hybridized carbons (Fsp3) is 0.538. The van der Waals surface area contributed by atoms with E-state index >= 15 is 0 Å². The molecule has 1 aliphatic heterocycles. The van der Waals surface area contributed by atoms with Crippen molar-refractivity contribution in [2.24, 2.45) is 5.73 Å². The lowest BCUT2D eigenvalue weighted by Crippen LogP contribution is -2.43. The molecule has 1 aliphatic rings. The van der Waals surface area contributed by atoms with Gasteiger partial charge in [0, 0.05) is 25.3 Å². The van der Waals surface area contributed by atoms with Gasteiger partial charge in [-0.2, -0.15) is 0 Å². The Morgan fingerprint density at radius 3 is 3.06 bits per heavy atom. The molecule has 0 amide bonds. The fourth-order valence-electron chi connectivity index (χ4n) is 2.13. The second-order valence-electron chi connectivity index (χ2n) is 4.47. The number of esters is 1. The molecule has 0 radical (unpaired) electrons. The van der Waals surface area contributed by atoms with Gasteiger partial charge in [0.2, 0.25) is 0 Å². The zero-order valence-electron chi connectivity index (χ0n) is 10.6. The van der Waals surface area contributed by atoms with Crippen LogP contribution in [-0.2, 0) is 4.74 Å². The molecule has 5 heteroatoms. The Morgan fingerprint density at radius 1 is 1.61 bits per heavy atom. The van der Waals surface area contributed by atoms with Gasteiger partial charge in [0.1, 0.15) is 5.82 Å². The highest BCUT2D eigenvalue weighted by Crippen LogP contribution is 2.17. The standard InChI is InChI=1S/C13H19N3O2/c1-2-18-13(17)10-5-6-12(15-8-10)16-7-3-4-11(14)9-16/h5-6,8,11H,2-4,7,9,14H2,1H3. The number of pyridine rings is 1. The molecule has 5 nitrogen and oxygen atoms in total. The third kappa shape index (κ3) is 2.98. The number of hydrogen-bond acceptors (Lipinski definition) is 5. The summed E-state index contributed by atoms with van der Waals surface area (Å²) < 4.78 is 4.92. The number of nitrogens with two attached hydrogens (primary N) is 1. The van der Waals surface area contributed by atoms with Crippen LogP contribution in [0.5, 0.6) is 0 Å². The summed E-state index contributed by atoms with van der Waals surface area (Å²) in [6, 6.07) is 3.82. The second-order valence-corrected chi connectivity index (χ2v) is 4.47. The van der Waals surface area contributed by atoms with Crippen LogP contribution in [-0.4, -0.2) is 36.7 Å². The highest BCUT2D eigenvalue weighted by molar-refractivity contribution is 5.89. The molecular formula is C13H19N3O2. The zero-order valence-corrected chi connectivity index (χ0v) is 10.6. The molecule has 18 heavy (non-hydrogen) atoms. The normalized spacial score (nSPS) is 19.7. The van der Waals surface area contributed by atoms with Crippen molar-refractivity contribution in [3.63, 3.8) is 0 Å². The first kappa shape index (κ1) is 12.8. The number of carbonyl (C=O) groups excluding carboxylic acids is 1. The number of anilines is 1. The first-order valence-corrected chi connectivity index (χ1v) is 6.34. The zero-order chi connectivity index (χ0) is 13.0. The molecule has 2 heterocycles. The molecule has 0 saturated carbocycles. The predicted octanol–water partition coefficient (Wildman–Crippen LogP) is 1.19. The van der Waals surface area contributed by atoms with Crippen molar-refractivity contribution < 1.29 is 9.53 Å². The van der Waals surface area contributed by atoms with Crippen molar-refractivity contribution in [3.8, 4) is 0 Å². The van der Waals surface area contributed by atoms with Crippen LogP contribution >= 0.6 is 0 Å². The molecular weight excluding hydrogens is 230 g/mol. The highest BCUT2D eigenvalue weighted by atomic mass is 16.5. The summed E-state index contributed by atoms with van der Waals surface area (Å²) in [4.78, 5) is 18.0. The Hall–Kier alpha value is -1.62. The minimum atomic E-state index is -0.327. The molecule has 98 valence electrons. The van der Waals surface area contributed by atoms with Gasteiger partial charge in [0.15, 0.2) is 0 Å². The largest absolute Gasteiger partial charge is 0.462 e. The van der Waals surface area contributed by atoms with Gasteiger partial charge in [0.25, 0.3) is 0 Å². The lowest BCUT2D eigenvalue weighted by molar-refractivity contribution is 0.0526. The molecule has 2 rings (SSSR count). The van der Waals surface area contributed by atoms with Crippen LogP contribution in [0.4, 0.5) is 5.82 Å². The van der Waals surface area contributed by atoms with Crippen molar-refractivity contribution in [2.45, 2.75) is 25.8 Å². The number of ether oxygens (including phenoxy) is 1. The first-order chi connectivity index (χ1) is 8.70. The third-order valence-corrected chi connectivity index (χ3v) is 3.04. The number of aromatic nitrogens is 1. The lowest BCUT2D eigenvalue weighted by Gasteiger charge is -2.31. The van der Waals surface area contributed by atoms with Crippen LogP contribution in [0.1, 0.15) is 30.1 Å². The summed E-state index contributed by atoms with van der Waals surface area (Å²) in [6.07, 6.45) is 3.72. The van der Waals surface area contributed by atoms with E-state index in [1.165, 1.54) is 0 Å². The Labute approximate surface area is 107 Å². The second kappa shape index (κ2) is 5.82. The van der Waals surface area contributed by atoms with Gasteiger partial charge in [-0.05, 0) is 31.9 Å². The van der Waals surface area contributed by atoms with E-state index < -0.39 is 0 Å². The van der Waals surface area contributed by atoms with Gasteiger partial charge >= 0.3 is 5.97 Å². The molecule has 1 aromatic rings. The van der Waals surface area contributed by atoms with Crippen LogP contribution < -0.4 is 10.6 Å². The molecule has 1 aromatic heterocycles. The van der Waals surface area contributed by atoms with Crippen LogP contribution in [0.25, 0.3) is 0 Å². The molecule has 0 bridgehead atoms.